The molecule has 0 radical (unpaired) electrons. The van der Waals surface area contributed by atoms with Crippen LogP contribution < -0.4 is 5.73 Å². The topological polar surface area (TPSA) is 32.5 Å². The molecule has 0 bridgehead atoms. The lowest BCUT2D eigenvalue weighted by Crippen LogP contribution is -2.42. The zero-order chi connectivity index (χ0) is 14.8. The number of hydrogen-bond acceptors (Lipinski definition) is 3. The second-order valence-electron chi connectivity index (χ2n) is 6.25. The first-order valence-corrected chi connectivity index (χ1v) is 8.94. The minimum absolute atomic E-state index is 0.622. The van der Waals surface area contributed by atoms with Gasteiger partial charge in [0.2, 0.25) is 0 Å². The summed E-state index contributed by atoms with van der Waals surface area (Å²) in [5, 5.41) is 0. The highest BCUT2D eigenvalue weighted by Crippen LogP contribution is 2.20. The fourth-order valence-electron chi connectivity index (χ4n) is 3.57. The summed E-state index contributed by atoms with van der Waals surface area (Å²) < 4.78 is 0. The first-order chi connectivity index (χ1) is 9.76. The number of nitrogens with zero attached hydrogens (tertiary/aromatic N) is 2. The predicted molar refractivity (Wildman–Crippen MR) is 89.1 cm³/mol. The maximum atomic E-state index is 6.02. The molecule has 0 spiro atoms. The lowest BCUT2D eigenvalue weighted by Gasteiger charge is -2.29. The second kappa shape index (κ2) is 10.6. The molecular weight excluding hydrogens is 246 g/mol. The fraction of sp³-hybridized carbons (Fsp3) is 1.00. The Hall–Kier alpha value is -0.120. The zero-order valence-corrected chi connectivity index (χ0v) is 14.1. The third-order valence-corrected chi connectivity index (χ3v) is 4.95. The summed E-state index contributed by atoms with van der Waals surface area (Å²) in [4.78, 5) is 5.26. The molecule has 120 valence electrons. The van der Waals surface area contributed by atoms with Gasteiger partial charge in [0.05, 0.1) is 0 Å². The van der Waals surface area contributed by atoms with Gasteiger partial charge in [-0.05, 0) is 25.9 Å². The third-order valence-electron chi connectivity index (χ3n) is 4.95. The summed E-state index contributed by atoms with van der Waals surface area (Å²) in [6, 6.07) is 1.39. The molecule has 0 aromatic rings. The van der Waals surface area contributed by atoms with E-state index >= 15 is 0 Å². The maximum absolute atomic E-state index is 6.02. The molecule has 3 nitrogen and oxygen atoms in total. The quantitative estimate of drug-likeness (QED) is 0.591. The van der Waals surface area contributed by atoms with E-state index in [4.69, 9.17) is 5.73 Å². The van der Waals surface area contributed by atoms with E-state index < -0.39 is 0 Å². The highest BCUT2D eigenvalue weighted by atomic mass is 15.3. The number of rotatable bonds is 11. The van der Waals surface area contributed by atoms with Crippen LogP contribution in [0.2, 0.25) is 0 Å². The molecule has 1 rings (SSSR count). The Morgan fingerprint density at radius 1 is 1.10 bits per heavy atom. The monoisotopic (exact) mass is 283 g/mol. The van der Waals surface area contributed by atoms with Crippen LogP contribution in [0.15, 0.2) is 0 Å². The normalized spacial score (nSPS) is 21.8. The van der Waals surface area contributed by atoms with Gasteiger partial charge in [-0.15, -0.1) is 0 Å². The molecule has 1 aliphatic rings. The third kappa shape index (κ3) is 5.71. The van der Waals surface area contributed by atoms with Crippen molar-refractivity contribution in [2.24, 2.45) is 5.73 Å². The highest BCUT2D eigenvalue weighted by Gasteiger charge is 2.29. The Labute approximate surface area is 126 Å². The van der Waals surface area contributed by atoms with Crippen molar-refractivity contribution in [1.29, 1.82) is 0 Å². The van der Waals surface area contributed by atoms with Crippen molar-refractivity contribution >= 4 is 0 Å². The first-order valence-electron chi connectivity index (χ1n) is 8.94. The summed E-state index contributed by atoms with van der Waals surface area (Å²) in [6.45, 7) is 12.5. The highest BCUT2D eigenvalue weighted by molar-refractivity contribution is 4.87. The van der Waals surface area contributed by atoms with Crippen LogP contribution in [-0.4, -0.2) is 54.6 Å². The first kappa shape index (κ1) is 17.9. The van der Waals surface area contributed by atoms with E-state index in [1.807, 2.05) is 0 Å². The van der Waals surface area contributed by atoms with Crippen LogP contribution >= 0.6 is 0 Å². The van der Waals surface area contributed by atoms with Gasteiger partial charge in [0, 0.05) is 31.7 Å². The van der Waals surface area contributed by atoms with E-state index in [1.165, 1.54) is 71.1 Å². The summed E-state index contributed by atoms with van der Waals surface area (Å²) in [7, 11) is 0. The Kier molecular flexibility index (Phi) is 9.49. The van der Waals surface area contributed by atoms with Crippen LogP contribution in [0.25, 0.3) is 0 Å². The van der Waals surface area contributed by atoms with Gasteiger partial charge in [0.15, 0.2) is 0 Å². The van der Waals surface area contributed by atoms with E-state index in [9.17, 15) is 0 Å². The van der Waals surface area contributed by atoms with Crippen molar-refractivity contribution in [1.82, 2.24) is 9.80 Å². The minimum atomic E-state index is 0.622. The number of unbranched alkanes of at least 4 members (excludes halogenated alkanes) is 4. The van der Waals surface area contributed by atoms with Crippen LogP contribution in [0.4, 0.5) is 0 Å². The Morgan fingerprint density at radius 3 is 2.40 bits per heavy atom. The van der Waals surface area contributed by atoms with Gasteiger partial charge >= 0.3 is 0 Å². The number of likely N-dealkylation sites (tertiary alicyclic amines) is 1. The van der Waals surface area contributed by atoms with Gasteiger partial charge in [-0.2, -0.15) is 0 Å². The van der Waals surface area contributed by atoms with Crippen molar-refractivity contribution in [2.45, 2.75) is 77.8 Å². The molecule has 0 aliphatic carbocycles. The molecule has 3 heteroatoms. The average Bonchev–Trinajstić information content (AvgIpc) is 2.94. The molecule has 0 aromatic heterocycles. The van der Waals surface area contributed by atoms with Crippen molar-refractivity contribution in [3.8, 4) is 0 Å². The predicted octanol–water partition coefficient (Wildman–Crippen LogP) is 3.09. The van der Waals surface area contributed by atoms with Crippen LogP contribution in [0.1, 0.15) is 65.7 Å². The minimum Gasteiger partial charge on any atom is -0.329 e. The van der Waals surface area contributed by atoms with E-state index in [-0.39, 0.29) is 0 Å². The van der Waals surface area contributed by atoms with Gasteiger partial charge in [0.1, 0.15) is 0 Å². The van der Waals surface area contributed by atoms with Crippen LogP contribution in [-0.2, 0) is 0 Å². The zero-order valence-electron chi connectivity index (χ0n) is 14.1. The summed E-state index contributed by atoms with van der Waals surface area (Å²) in [6.07, 6.45) is 9.49. The van der Waals surface area contributed by atoms with Gasteiger partial charge in [0.25, 0.3) is 0 Å². The summed E-state index contributed by atoms with van der Waals surface area (Å²) in [5.41, 5.74) is 6.02. The summed E-state index contributed by atoms with van der Waals surface area (Å²) in [5.74, 6) is 0. The molecule has 1 heterocycles. The lowest BCUT2D eigenvalue weighted by atomic mass is 10.1. The molecule has 0 saturated carbocycles. The second-order valence-corrected chi connectivity index (χ2v) is 6.25. The number of hydrogen-bond donors (Lipinski definition) is 1. The molecule has 0 amide bonds. The molecule has 1 aliphatic heterocycles. The molecule has 1 fully saturated rings. The molecule has 20 heavy (non-hydrogen) atoms. The van der Waals surface area contributed by atoms with Gasteiger partial charge in [-0.3, -0.25) is 9.80 Å². The largest absolute Gasteiger partial charge is 0.329 e. The van der Waals surface area contributed by atoms with Crippen LogP contribution in [0.3, 0.4) is 0 Å². The Balaban J connectivity index is 2.28. The molecule has 0 aromatic carbocycles. The fourth-order valence-corrected chi connectivity index (χ4v) is 3.57. The van der Waals surface area contributed by atoms with Crippen LogP contribution in [0, 0.1) is 0 Å². The Morgan fingerprint density at radius 2 is 1.80 bits per heavy atom. The number of nitrogens with two attached hydrogens (primary N) is 1. The average molecular weight is 284 g/mol. The van der Waals surface area contributed by atoms with E-state index in [2.05, 4.69) is 30.6 Å². The van der Waals surface area contributed by atoms with E-state index in [1.54, 1.807) is 0 Å². The van der Waals surface area contributed by atoms with Crippen molar-refractivity contribution in [3.05, 3.63) is 0 Å². The maximum Gasteiger partial charge on any atom is 0.0235 e. The van der Waals surface area contributed by atoms with Gasteiger partial charge in [-0.1, -0.05) is 52.9 Å². The van der Waals surface area contributed by atoms with E-state index in [0.29, 0.717) is 6.04 Å². The standard InChI is InChI=1S/C17H37N3/c1-4-7-8-9-10-11-16(14-18)20-13-12-17(15-20)19(5-2)6-3/h16-17H,4-15,18H2,1-3H3. The Bertz CT molecular complexity index is 228. The SMILES string of the molecule is CCCCCCCC(CN)N1CCC(N(CC)CC)C1. The molecule has 2 N–H and O–H groups in total. The molecule has 2 atom stereocenters. The smallest absolute Gasteiger partial charge is 0.0235 e. The van der Waals surface area contributed by atoms with Crippen molar-refractivity contribution in [2.75, 3.05) is 32.7 Å². The van der Waals surface area contributed by atoms with Crippen molar-refractivity contribution in [3.63, 3.8) is 0 Å². The molecule has 2 unspecified atom stereocenters. The van der Waals surface area contributed by atoms with Gasteiger partial charge in [-0.25, -0.2) is 0 Å². The molecule has 1 saturated heterocycles. The van der Waals surface area contributed by atoms with Crippen LogP contribution in [0.5, 0.6) is 0 Å². The number of likely N-dealkylation sites (N-methyl/N-ethyl adjacent to an activating group) is 1. The lowest BCUT2D eigenvalue weighted by molar-refractivity contribution is 0.183. The van der Waals surface area contributed by atoms with Crippen molar-refractivity contribution < 1.29 is 0 Å². The van der Waals surface area contributed by atoms with Gasteiger partial charge < -0.3 is 5.73 Å². The molecular formula is C17H37N3. The summed E-state index contributed by atoms with van der Waals surface area (Å²) >= 11 is 0. The van der Waals surface area contributed by atoms with E-state index in [0.717, 1.165) is 12.6 Å².